The van der Waals surface area contributed by atoms with Crippen LogP contribution in [0.15, 0.2) is 12.1 Å². The molecular formula is C15H22N2O4. The molecule has 0 atom stereocenters. The van der Waals surface area contributed by atoms with E-state index in [0.717, 1.165) is 5.56 Å². The summed E-state index contributed by atoms with van der Waals surface area (Å²) in [4.78, 5) is 22.3. The van der Waals surface area contributed by atoms with Gasteiger partial charge in [0.15, 0.2) is 0 Å². The molecular weight excluding hydrogens is 272 g/mol. The van der Waals surface area contributed by atoms with Gasteiger partial charge < -0.3 is 20.5 Å². The first-order valence-corrected chi connectivity index (χ1v) is 6.90. The third kappa shape index (κ3) is 5.72. The fourth-order valence-corrected chi connectivity index (χ4v) is 1.85. The van der Waals surface area contributed by atoms with Gasteiger partial charge in [0, 0.05) is 19.4 Å². The van der Waals surface area contributed by atoms with Crippen LogP contribution in [0.4, 0.5) is 11.4 Å². The lowest BCUT2D eigenvalue weighted by molar-refractivity contribution is -0.143. The Labute approximate surface area is 124 Å². The van der Waals surface area contributed by atoms with E-state index in [4.69, 9.17) is 15.2 Å². The van der Waals surface area contributed by atoms with E-state index in [0.29, 0.717) is 43.2 Å². The third-order valence-electron chi connectivity index (χ3n) is 2.74. The number of aryl methyl sites for hydroxylation is 1. The average Bonchev–Trinajstić information content (AvgIpc) is 2.39. The maximum atomic E-state index is 11.2. The lowest BCUT2D eigenvalue weighted by Gasteiger charge is -2.13. The lowest BCUT2D eigenvalue weighted by atomic mass is 10.1. The molecule has 0 aliphatic carbocycles. The first-order chi connectivity index (χ1) is 9.93. The van der Waals surface area contributed by atoms with E-state index in [-0.39, 0.29) is 11.9 Å². The fourth-order valence-electron chi connectivity index (χ4n) is 1.85. The summed E-state index contributed by atoms with van der Waals surface area (Å²) >= 11 is 0. The molecule has 0 heterocycles. The maximum absolute atomic E-state index is 11.2. The summed E-state index contributed by atoms with van der Waals surface area (Å²) in [6.45, 7) is 5.83. The second-order valence-corrected chi connectivity index (χ2v) is 4.64. The van der Waals surface area contributed by atoms with Gasteiger partial charge in [-0.1, -0.05) is 0 Å². The Balaban J connectivity index is 2.53. The highest BCUT2D eigenvalue weighted by atomic mass is 16.5. The standard InChI is InChI=1S/C15H22N2O4/c1-4-20-14(19)6-5-7-21-12-8-10(2)15(13(16)9-12)17-11(3)18/h8-9H,4-7,16H2,1-3H3,(H,17,18). The smallest absolute Gasteiger partial charge is 0.305 e. The van der Waals surface area contributed by atoms with Crippen LogP contribution in [0, 0.1) is 6.92 Å². The largest absolute Gasteiger partial charge is 0.493 e. The number of esters is 1. The van der Waals surface area contributed by atoms with Gasteiger partial charge in [0.2, 0.25) is 5.91 Å². The van der Waals surface area contributed by atoms with E-state index < -0.39 is 0 Å². The molecule has 1 rings (SSSR count). The topological polar surface area (TPSA) is 90.6 Å². The Hall–Kier alpha value is -2.24. The average molecular weight is 294 g/mol. The number of anilines is 2. The number of nitrogen functional groups attached to an aromatic ring is 1. The predicted octanol–water partition coefficient (Wildman–Crippen LogP) is 2.26. The van der Waals surface area contributed by atoms with E-state index in [1.165, 1.54) is 6.92 Å². The highest BCUT2D eigenvalue weighted by Gasteiger charge is 2.08. The zero-order chi connectivity index (χ0) is 15.8. The summed E-state index contributed by atoms with van der Waals surface area (Å²) in [5.74, 6) is 0.216. The van der Waals surface area contributed by atoms with Crippen molar-refractivity contribution in [3.63, 3.8) is 0 Å². The van der Waals surface area contributed by atoms with Crippen LogP contribution in [-0.4, -0.2) is 25.1 Å². The predicted molar refractivity (Wildman–Crippen MR) is 81.3 cm³/mol. The molecule has 0 saturated carbocycles. The van der Waals surface area contributed by atoms with Gasteiger partial charge >= 0.3 is 5.97 Å². The Morgan fingerprint density at radius 3 is 2.62 bits per heavy atom. The quantitative estimate of drug-likeness (QED) is 0.457. The van der Waals surface area contributed by atoms with Crippen molar-refractivity contribution < 1.29 is 19.1 Å². The number of rotatable bonds is 7. The third-order valence-corrected chi connectivity index (χ3v) is 2.74. The van der Waals surface area contributed by atoms with Gasteiger partial charge in [-0.2, -0.15) is 0 Å². The van der Waals surface area contributed by atoms with Crippen LogP contribution in [0.25, 0.3) is 0 Å². The van der Waals surface area contributed by atoms with Crippen molar-refractivity contribution in [2.45, 2.75) is 33.6 Å². The molecule has 0 radical (unpaired) electrons. The molecule has 0 aromatic heterocycles. The Kier molecular flexibility index (Phi) is 6.52. The van der Waals surface area contributed by atoms with Gasteiger partial charge in [-0.05, 0) is 31.9 Å². The minimum Gasteiger partial charge on any atom is -0.493 e. The van der Waals surface area contributed by atoms with Gasteiger partial charge in [0.05, 0.1) is 24.6 Å². The van der Waals surface area contributed by atoms with Crippen molar-refractivity contribution in [2.24, 2.45) is 0 Å². The highest BCUT2D eigenvalue weighted by molar-refractivity contribution is 5.93. The van der Waals surface area contributed by atoms with Crippen LogP contribution in [0.5, 0.6) is 5.75 Å². The zero-order valence-electron chi connectivity index (χ0n) is 12.7. The summed E-state index contributed by atoms with van der Waals surface area (Å²) in [7, 11) is 0. The number of benzene rings is 1. The Morgan fingerprint density at radius 1 is 1.33 bits per heavy atom. The molecule has 0 fully saturated rings. The van der Waals surface area contributed by atoms with Crippen molar-refractivity contribution in [1.82, 2.24) is 0 Å². The normalized spacial score (nSPS) is 10.0. The molecule has 0 bridgehead atoms. The van der Waals surface area contributed by atoms with Crippen LogP contribution in [0.1, 0.15) is 32.3 Å². The SMILES string of the molecule is CCOC(=O)CCCOc1cc(C)c(NC(C)=O)c(N)c1. The van der Waals surface area contributed by atoms with E-state index in [1.807, 2.05) is 6.92 Å². The van der Waals surface area contributed by atoms with E-state index in [2.05, 4.69) is 5.32 Å². The molecule has 3 N–H and O–H groups in total. The van der Waals surface area contributed by atoms with Gasteiger partial charge in [-0.25, -0.2) is 0 Å². The van der Waals surface area contributed by atoms with Crippen molar-refractivity contribution >= 4 is 23.3 Å². The second-order valence-electron chi connectivity index (χ2n) is 4.64. The van der Waals surface area contributed by atoms with Gasteiger partial charge in [-0.15, -0.1) is 0 Å². The molecule has 1 aromatic carbocycles. The molecule has 0 unspecified atom stereocenters. The fraction of sp³-hybridized carbons (Fsp3) is 0.467. The molecule has 21 heavy (non-hydrogen) atoms. The Morgan fingerprint density at radius 2 is 2.05 bits per heavy atom. The van der Waals surface area contributed by atoms with E-state index in [1.54, 1.807) is 19.1 Å². The lowest BCUT2D eigenvalue weighted by Crippen LogP contribution is -2.10. The summed E-state index contributed by atoms with van der Waals surface area (Å²) in [5, 5.41) is 2.68. The summed E-state index contributed by atoms with van der Waals surface area (Å²) in [6.07, 6.45) is 0.900. The molecule has 1 amide bonds. The first kappa shape index (κ1) is 16.8. The minimum absolute atomic E-state index is 0.173. The number of carbonyl (C=O) groups excluding carboxylic acids is 2. The van der Waals surface area contributed by atoms with Crippen LogP contribution >= 0.6 is 0 Å². The molecule has 6 heteroatoms. The molecule has 0 saturated heterocycles. The first-order valence-electron chi connectivity index (χ1n) is 6.90. The molecule has 6 nitrogen and oxygen atoms in total. The number of amides is 1. The molecule has 0 aliphatic rings. The van der Waals surface area contributed by atoms with Crippen LogP contribution in [-0.2, 0) is 14.3 Å². The minimum atomic E-state index is -0.224. The van der Waals surface area contributed by atoms with Crippen LogP contribution in [0.2, 0.25) is 0 Å². The summed E-state index contributed by atoms with van der Waals surface area (Å²) in [5.41, 5.74) is 7.77. The van der Waals surface area contributed by atoms with Crippen LogP contribution in [0.3, 0.4) is 0 Å². The molecule has 116 valence electrons. The molecule has 1 aromatic rings. The second kappa shape index (κ2) is 8.14. The van der Waals surface area contributed by atoms with E-state index in [9.17, 15) is 9.59 Å². The summed E-state index contributed by atoms with van der Waals surface area (Å²) in [6, 6.07) is 3.45. The number of hydrogen-bond acceptors (Lipinski definition) is 5. The van der Waals surface area contributed by atoms with Crippen molar-refractivity contribution in [1.29, 1.82) is 0 Å². The number of ether oxygens (including phenoxy) is 2. The summed E-state index contributed by atoms with van der Waals surface area (Å²) < 4.78 is 10.4. The zero-order valence-corrected chi connectivity index (χ0v) is 12.7. The van der Waals surface area contributed by atoms with Gasteiger partial charge in [-0.3, -0.25) is 9.59 Å². The molecule has 0 spiro atoms. The monoisotopic (exact) mass is 294 g/mol. The number of carbonyl (C=O) groups is 2. The van der Waals surface area contributed by atoms with Gasteiger partial charge in [0.25, 0.3) is 0 Å². The van der Waals surface area contributed by atoms with Crippen molar-refractivity contribution in [3.8, 4) is 5.75 Å². The number of nitrogens with one attached hydrogen (secondary N) is 1. The van der Waals surface area contributed by atoms with E-state index >= 15 is 0 Å². The van der Waals surface area contributed by atoms with Gasteiger partial charge in [0.1, 0.15) is 5.75 Å². The molecule has 0 aliphatic heterocycles. The number of nitrogens with two attached hydrogens (primary N) is 1. The number of hydrogen-bond donors (Lipinski definition) is 2. The van der Waals surface area contributed by atoms with Crippen LogP contribution < -0.4 is 15.8 Å². The highest BCUT2D eigenvalue weighted by Crippen LogP contribution is 2.29. The maximum Gasteiger partial charge on any atom is 0.305 e. The Bertz CT molecular complexity index is 491. The van der Waals surface area contributed by atoms with Crippen molar-refractivity contribution in [2.75, 3.05) is 24.3 Å². The van der Waals surface area contributed by atoms with Crippen molar-refractivity contribution in [3.05, 3.63) is 17.7 Å².